The molecule has 0 saturated heterocycles. The van der Waals surface area contributed by atoms with Gasteiger partial charge < -0.3 is 8.98 Å². The van der Waals surface area contributed by atoms with E-state index in [9.17, 15) is 0 Å². The van der Waals surface area contributed by atoms with Crippen LogP contribution >= 0.6 is 0 Å². The Labute approximate surface area is 272 Å². The first kappa shape index (κ1) is 26.4. The summed E-state index contributed by atoms with van der Waals surface area (Å²) in [6, 6.07) is 49.4. The maximum Gasteiger partial charge on any atom is 0.162 e. The molecule has 0 unspecified atom stereocenters. The van der Waals surface area contributed by atoms with Gasteiger partial charge in [0.25, 0.3) is 0 Å². The van der Waals surface area contributed by atoms with Gasteiger partial charge in [0.05, 0.1) is 33.5 Å². The van der Waals surface area contributed by atoms with Gasteiger partial charge in [-0.3, -0.25) is 0 Å². The molecule has 3 aromatic heterocycles. The Morgan fingerprint density at radius 2 is 1.23 bits per heavy atom. The van der Waals surface area contributed by atoms with E-state index in [0.717, 1.165) is 67.0 Å². The Hall–Kier alpha value is -5.78. The third-order valence-electron chi connectivity index (χ3n) is 10.00. The molecular formula is C42H29N3OSi. The van der Waals surface area contributed by atoms with E-state index in [4.69, 9.17) is 14.4 Å². The summed E-state index contributed by atoms with van der Waals surface area (Å²) in [4.78, 5) is 11.0. The second-order valence-electron chi connectivity index (χ2n) is 13.0. The predicted octanol–water partition coefficient (Wildman–Crippen LogP) is 9.61. The molecule has 0 saturated carbocycles. The normalized spacial score (nSPS) is 13.5. The Kier molecular flexibility index (Phi) is 5.41. The van der Waals surface area contributed by atoms with E-state index in [0.29, 0.717) is 0 Å². The summed E-state index contributed by atoms with van der Waals surface area (Å²) in [6.07, 6.45) is 0. The Bertz CT molecular complexity index is 2720. The topological polar surface area (TPSA) is 43.9 Å². The average Bonchev–Trinajstić information content (AvgIpc) is 3.74. The van der Waals surface area contributed by atoms with Gasteiger partial charge in [0, 0.05) is 27.3 Å². The minimum absolute atomic E-state index is 0.731. The quantitative estimate of drug-likeness (QED) is 0.185. The summed E-state index contributed by atoms with van der Waals surface area (Å²) < 4.78 is 8.79. The van der Waals surface area contributed by atoms with Crippen molar-refractivity contribution in [2.45, 2.75) is 13.1 Å². The van der Waals surface area contributed by atoms with Gasteiger partial charge in [0.2, 0.25) is 0 Å². The van der Waals surface area contributed by atoms with Crippen molar-refractivity contribution in [3.8, 4) is 39.6 Å². The monoisotopic (exact) mass is 619 g/mol. The van der Waals surface area contributed by atoms with Crippen molar-refractivity contribution >= 4 is 62.2 Å². The zero-order valence-corrected chi connectivity index (χ0v) is 27.0. The number of benzene rings is 6. The van der Waals surface area contributed by atoms with Crippen LogP contribution in [-0.4, -0.2) is 22.6 Å². The van der Waals surface area contributed by atoms with Crippen LogP contribution in [0.15, 0.2) is 144 Å². The summed E-state index contributed by atoms with van der Waals surface area (Å²) in [6.45, 7) is 4.86. The fourth-order valence-electron chi connectivity index (χ4n) is 7.92. The molecule has 47 heavy (non-hydrogen) atoms. The molecule has 0 fully saturated rings. The highest BCUT2D eigenvalue weighted by molar-refractivity contribution is 7.04. The van der Waals surface area contributed by atoms with Crippen molar-refractivity contribution in [2.75, 3.05) is 0 Å². The van der Waals surface area contributed by atoms with Crippen LogP contribution in [0.3, 0.4) is 0 Å². The van der Waals surface area contributed by atoms with E-state index >= 15 is 0 Å². The second kappa shape index (κ2) is 9.61. The minimum Gasteiger partial charge on any atom is -0.456 e. The number of furan rings is 1. The van der Waals surface area contributed by atoms with Crippen molar-refractivity contribution in [1.82, 2.24) is 14.5 Å². The summed E-state index contributed by atoms with van der Waals surface area (Å²) in [5.41, 5.74) is 10.5. The van der Waals surface area contributed by atoms with Crippen LogP contribution in [0, 0.1) is 0 Å². The van der Waals surface area contributed by atoms with Crippen LogP contribution in [0.4, 0.5) is 0 Å². The molecule has 0 bridgehead atoms. The molecule has 0 N–H and O–H groups in total. The Balaban J connectivity index is 1.33. The van der Waals surface area contributed by atoms with Crippen LogP contribution in [-0.2, 0) is 0 Å². The van der Waals surface area contributed by atoms with Crippen LogP contribution in [0.2, 0.25) is 13.1 Å². The van der Waals surface area contributed by atoms with Gasteiger partial charge in [-0.2, -0.15) is 0 Å². The molecule has 1 aliphatic rings. The summed E-state index contributed by atoms with van der Waals surface area (Å²) in [7, 11) is -2.06. The molecule has 10 rings (SSSR count). The molecule has 0 amide bonds. The van der Waals surface area contributed by atoms with E-state index in [1.807, 2.05) is 12.1 Å². The molecular weight excluding hydrogens is 591 g/mol. The number of aromatic nitrogens is 3. The lowest BCUT2D eigenvalue weighted by atomic mass is 10.1. The highest BCUT2D eigenvalue weighted by atomic mass is 28.3. The number of rotatable bonds is 3. The highest BCUT2D eigenvalue weighted by Gasteiger charge is 2.41. The van der Waals surface area contributed by atoms with Crippen LogP contribution < -0.4 is 10.4 Å². The first-order valence-electron chi connectivity index (χ1n) is 16.1. The van der Waals surface area contributed by atoms with Gasteiger partial charge in [-0.05, 0) is 52.3 Å². The fourth-order valence-corrected chi connectivity index (χ4v) is 11.1. The standard InChI is InChI=1S/C42H29N3OSi/c1-47(2)36-23-13-9-19-31(36)39-41(47)38(26-14-4-3-5-15-26)43-42(44-39)29-17-7-11-21-33(29)45-32-20-10-6-16-27(32)28-24-25-35-37(40(28)45)30-18-8-12-22-34(30)46-35/h3-25H,1-2H3. The highest BCUT2D eigenvalue weighted by Crippen LogP contribution is 2.42. The lowest BCUT2D eigenvalue weighted by Gasteiger charge is -2.22. The lowest BCUT2D eigenvalue weighted by molar-refractivity contribution is 0.669. The molecule has 4 nitrogen and oxygen atoms in total. The number of hydrogen-bond acceptors (Lipinski definition) is 3. The molecule has 6 aromatic carbocycles. The maximum atomic E-state index is 6.40. The van der Waals surface area contributed by atoms with E-state index in [1.54, 1.807) is 0 Å². The average molecular weight is 620 g/mol. The molecule has 0 aliphatic carbocycles. The van der Waals surface area contributed by atoms with Crippen LogP contribution in [0.1, 0.15) is 0 Å². The number of fused-ring (bicyclic) bond motifs is 10. The van der Waals surface area contributed by atoms with Crippen LogP contribution in [0.25, 0.3) is 83.3 Å². The van der Waals surface area contributed by atoms with Gasteiger partial charge in [0.15, 0.2) is 5.82 Å². The molecule has 1 aliphatic heterocycles. The van der Waals surface area contributed by atoms with Crippen molar-refractivity contribution in [1.29, 1.82) is 0 Å². The first-order chi connectivity index (χ1) is 23.1. The lowest BCUT2D eigenvalue weighted by Crippen LogP contribution is -2.50. The van der Waals surface area contributed by atoms with E-state index in [1.165, 1.54) is 26.7 Å². The van der Waals surface area contributed by atoms with Crippen molar-refractivity contribution in [2.24, 2.45) is 0 Å². The largest absolute Gasteiger partial charge is 0.456 e. The Morgan fingerprint density at radius 1 is 0.553 bits per heavy atom. The smallest absolute Gasteiger partial charge is 0.162 e. The van der Waals surface area contributed by atoms with Crippen molar-refractivity contribution in [3.63, 3.8) is 0 Å². The van der Waals surface area contributed by atoms with Crippen LogP contribution in [0.5, 0.6) is 0 Å². The first-order valence-corrected chi connectivity index (χ1v) is 19.1. The predicted molar refractivity (Wildman–Crippen MR) is 197 cm³/mol. The fraction of sp³-hybridized carbons (Fsp3) is 0.0476. The zero-order valence-electron chi connectivity index (χ0n) is 26.0. The van der Waals surface area contributed by atoms with E-state index in [2.05, 4.69) is 145 Å². The van der Waals surface area contributed by atoms with Gasteiger partial charge >= 0.3 is 0 Å². The molecule has 0 spiro atoms. The molecule has 0 radical (unpaired) electrons. The summed E-state index contributed by atoms with van der Waals surface area (Å²) in [5.74, 6) is 0.731. The van der Waals surface area contributed by atoms with E-state index < -0.39 is 8.07 Å². The second-order valence-corrected chi connectivity index (χ2v) is 17.2. The van der Waals surface area contributed by atoms with E-state index in [-0.39, 0.29) is 0 Å². The van der Waals surface area contributed by atoms with Gasteiger partial charge in [0.1, 0.15) is 19.2 Å². The molecule has 4 heterocycles. The van der Waals surface area contributed by atoms with Crippen molar-refractivity contribution < 1.29 is 4.42 Å². The number of para-hydroxylation sites is 3. The summed E-state index contributed by atoms with van der Waals surface area (Å²) >= 11 is 0. The molecule has 9 aromatic rings. The SMILES string of the molecule is C[Si]1(C)c2ccccc2-c2nc(-c3ccccc3-n3c4ccccc4c4ccc5oc6ccccc6c5c43)nc(-c3ccccc3)c21. The molecule has 222 valence electrons. The number of nitrogens with zero attached hydrogens (tertiary/aromatic N) is 3. The third kappa shape index (κ3) is 3.63. The molecule has 5 heteroatoms. The Morgan fingerprint density at radius 3 is 2.11 bits per heavy atom. The zero-order chi connectivity index (χ0) is 31.3. The van der Waals surface area contributed by atoms with Gasteiger partial charge in [-0.15, -0.1) is 0 Å². The minimum atomic E-state index is -2.06. The maximum absolute atomic E-state index is 6.40. The number of hydrogen-bond donors (Lipinski definition) is 0. The van der Waals surface area contributed by atoms with Gasteiger partial charge in [-0.25, -0.2) is 9.97 Å². The van der Waals surface area contributed by atoms with Crippen molar-refractivity contribution in [3.05, 3.63) is 140 Å². The summed E-state index contributed by atoms with van der Waals surface area (Å²) in [5, 5.41) is 7.35. The molecule has 0 atom stereocenters. The third-order valence-corrected chi connectivity index (χ3v) is 13.5. The van der Waals surface area contributed by atoms with Gasteiger partial charge in [-0.1, -0.05) is 116 Å².